The third-order valence-electron chi connectivity index (χ3n) is 4.25. The first-order valence-corrected chi connectivity index (χ1v) is 7.49. The fourth-order valence-corrected chi connectivity index (χ4v) is 2.48. The fraction of sp³-hybridized carbons (Fsp3) is 0.526. The summed E-state index contributed by atoms with van der Waals surface area (Å²) in [5.74, 6) is 2.02. The number of benzene rings is 1. The Bertz CT molecular complexity index is 537. The third kappa shape index (κ3) is 4.63. The van der Waals surface area contributed by atoms with Crippen LogP contribution in [0.4, 0.5) is 0 Å². The summed E-state index contributed by atoms with van der Waals surface area (Å²) in [5.41, 5.74) is 1.04. The van der Waals surface area contributed by atoms with E-state index in [1.54, 1.807) is 0 Å². The first kappa shape index (κ1) is 17.3. The monoisotopic (exact) mass is 286 g/mol. The maximum Gasteiger partial charge on any atom is 0.313 e. The smallest absolute Gasteiger partial charge is 0.313 e. The van der Waals surface area contributed by atoms with Crippen LogP contribution in [0.3, 0.4) is 0 Å². The van der Waals surface area contributed by atoms with E-state index in [9.17, 15) is 9.90 Å². The van der Waals surface area contributed by atoms with Crippen LogP contribution in [-0.2, 0) is 10.2 Å². The molecule has 1 aromatic carbocycles. The van der Waals surface area contributed by atoms with Crippen LogP contribution in [-0.4, -0.2) is 11.1 Å². The largest absolute Gasteiger partial charge is 0.481 e. The molecule has 0 saturated heterocycles. The lowest BCUT2D eigenvalue weighted by Crippen LogP contribution is -2.32. The molecule has 2 nitrogen and oxygen atoms in total. The zero-order valence-corrected chi connectivity index (χ0v) is 13.6. The summed E-state index contributed by atoms with van der Waals surface area (Å²) in [5, 5.41) is 9.65. The summed E-state index contributed by atoms with van der Waals surface area (Å²) in [4.78, 5) is 11.7. The Balaban J connectivity index is 2.75. The van der Waals surface area contributed by atoms with Gasteiger partial charge in [0.2, 0.25) is 0 Å². The van der Waals surface area contributed by atoms with Gasteiger partial charge in [0.25, 0.3) is 0 Å². The van der Waals surface area contributed by atoms with Crippen LogP contribution in [0.15, 0.2) is 24.3 Å². The molecule has 1 unspecified atom stereocenters. The standard InChI is InChI=1S/C19H26O2/c1-6-18(3,4)12-7-8-13-19(5,17(20)21)16-11-9-10-15(2)14-16/h1,9-11,14H,7-8,12-13H2,2-5H3,(H,20,21). The molecule has 0 bridgehead atoms. The molecule has 0 aliphatic heterocycles. The highest BCUT2D eigenvalue weighted by Crippen LogP contribution is 2.32. The van der Waals surface area contributed by atoms with Gasteiger partial charge in [0.1, 0.15) is 0 Å². The normalized spacial score (nSPS) is 14.2. The van der Waals surface area contributed by atoms with Crippen molar-refractivity contribution in [3.05, 3.63) is 35.4 Å². The predicted molar refractivity (Wildman–Crippen MR) is 87.2 cm³/mol. The van der Waals surface area contributed by atoms with E-state index >= 15 is 0 Å². The van der Waals surface area contributed by atoms with Crippen LogP contribution < -0.4 is 0 Å². The summed E-state index contributed by atoms with van der Waals surface area (Å²) in [7, 11) is 0. The summed E-state index contributed by atoms with van der Waals surface area (Å²) >= 11 is 0. The van der Waals surface area contributed by atoms with Crippen molar-refractivity contribution < 1.29 is 9.90 Å². The van der Waals surface area contributed by atoms with Gasteiger partial charge in [0.05, 0.1) is 5.41 Å². The zero-order chi connectivity index (χ0) is 16.1. The Labute approximate surface area is 128 Å². The molecule has 0 heterocycles. The first-order valence-electron chi connectivity index (χ1n) is 7.49. The van der Waals surface area contributed by atoms with E-state index in [1.807, 2.05) is 52.0 Å². The summed E-state index contributed by atoms with van der Waals surface area (Å²) in [6, 6.07) is 7.79. The van der Waals surface area contributed by atoms with Crippen LogP contribution in [0.1, 0.15) is 57.6 Å². The number of carboxylic acid groups (broad SMARTS) is 1. The van der Waals surface area contributed by atoms with Gasteiger partial charge >= 0.3 is 5.97 Å². The number of carboxylic acids is 1. The minimum absolute atomic E-state index is 0.108. The summed E-state index contributed by atoms with van der Waals surface area (Å²) < 4.78 is 0. The highest BCUT2D eigenvalue weighted by atomic mass is 16.4. The summed E-state index contributed by atoms with van der Waals surface area (Å²) in [6.45, 7) is 7.89. The zero-order valence-electron chi connectivity index (χ0n) is 13.6. The fourth-order valence-electron chi connectivity index (χ4n) is 2.48. The average molecular weight is 286 g/mol. The van der Waals surface area contributed by atoms with Crippen molar-refractivity contribution in [2.45, 2.75) is 58.8 Å². The topological polar surface area (TPSA) is 37.3 Å². The molecule has 0 amide bonds. The van der Waals surface area contributed by atoms with Gasteiger partial charge in [-0.15, -0.1) is 12.3 Å². The molecule has 0 aliphatic rings. The molecule has 0 aliphatic carbocycles. The molecule has 0 spiro atoms. The molecule has 2 heteroatoms. The van der Waals surface area contributed by atoms with Gasteiger partial charge in [0, 0.05) is 5.41 Å². The Kier molecular flexibility index (Phi) is 5.61. The molecule has 1 aromatic rings. The maximum atomic E-state index is 11.7. The number of hydrogen-bond acceptors (Lipinski definition) is 1. The third-order valence-corrected chi connectivity index (χ3v) is 4.25. The van der Waals surface area contributed by atoms with Gasteiger partial charge in [0.15, 0.2) is 0 Å². The number of rotatable bonds is 7. The quantitative estimate of drug-likeness (QED) is 0.589. The second-order valence-corrected chi connectivity index (χ2v) is 6.74. The Hall–Kier alpha value is -1.75. The van der Waals surface area contributed by atoms with E-state index in [4.69, 9.17) is 6.42 Å². The van der Waals surface area contributed by atoms with Crippen LogP contribution in [0.2, 0.25) is 0 Å². The van der Waals surface area contributed by atoms with Crippen molar-refractivity contribution in [2.75, 3.05) is 0 Å². The minimum Gasteiger partial charge on any atom is -0.481 e. The first-order chi connectivity index (χ1) is 9.71. The molecule has 21 heavy (non-hydrogen) atoms. The van der Waals surface area contributed by atoms with Gasteiger partial charge in [-0.1, -0.05) is 42.7 Å². The van der Waals surface area contributed by atoms with E-state index in [1.165, 1.54) is 0 Å². The molecule has 0 fully saturated rings. The van der Waals surface area contributed by atoms with Crippen LogP contribution in [0, 0.1) is 24.7 Å². The number of unbranched alkanes of at least 4 members (excludes halogenated alkanes) is 1. The van der Waals surface area contributed by atoms with Gasteiger partial charge in [-0.3, -0.25) is 4.79 Å². The lowest BCUT2D eigenvalue weighted by molar-refractivity contribution is -0.143. The van der Waals surface area contributed by atoms with Crippen LogP contribution in [0.25, 0.3) is 0 Å². The highest BCUT2D eigenvalue weighted by molar-refractivity contribution is 5.80. The molecule has 0 aromatic heterocycles. The molecule has 1 N–H and O–H groups in total. The molecule has 1 rings (SSSR count). The van der Waals surface area contributed by atoms with Crippen molar-refractivity contribution in [2.24, 2.45) is 5.41 Å². The average Bonchev–Trinajstić information content (AvgIpc) is 2.43. The van der Waals surface area contributed by atoms with Crippen LogP contribution in [0.5, 0.6) is 0 Å². The van der Waals surface area contributed by atoms with Crippen LogP contribution >= 0.6 is 0 Å². The number of aryl methyl sites for hydroxylation is 1. The minimum atomic E-state index is -0.827. The van der Waals surface area contributed by atoms with E-state index < -0.39 is 11.4 Å². The van der Waals surface area contributed by atoms with Crippen molar-refractivity contribution in [1.82, 2.24) is 0 Å². The number of aliphatic carboxylic acids is 1. The number of hydrogen-bond donors (Lipinski definition) is 1. The maximum absolute atomic E-state index is 11.7. The molecule has 114 valence electrons. The summed E-state index contributed by atoms with van der Waals surface area (Å²) in [6.07, 6.45) is 8.85. The van der Waals surface area contributed by atoms with Crippen molar-refractivity contribution >= 4 is 5.97 Å². The highest BCUT2D eigenvalue weighted by Gasteiger charge is 2.34. The Morgan fingerprint density at radius 1 is 1.24 bits per heavy atom. The number of terminal acetylenes is 1. The van der Waals surface area contributed by atoms with E-state index in [2.05, 4.69) is 5.92 Å². The molecule has 0 radical (unpaired) electrons. The predicted octanol–water partition coefficient (Wildman–Crippen LogP) is 4.56. The number of carbonyl (C=O) groups is 1. The lowest BCUT2D eigenvalue weighted by atomic mass is 9.77. The Morgan fingerprint density at radius 3 is 2.38 bits per heavy atom. The second kappa shape index (κ2) is 6.80. The van der Waals surface area contributed by atoms with Crippen molar-refractivity contribution in [1.29, 1.82) is 0 Å². The van der Waals surface area contributed by atoms with E-state index in [-0.39, 0.29) is 5.41 Å². The van der Waals surface area contributed by atoms with Gasteiger partial charge in [-0.25, -0.2) is 0 Å². The lowest BCUT2D eigenvalue weighted by Gasteiger charge is -2.26. The van der Waals surface area contributed by atoms with Gasteiger partial charge < -0.3 is 5.11 Å². The SMILES string of the molecule is C#CC(C)(C)CCCCC(C)(C(=O)O)c1cccc(C)c1. The van der Waals surface area contributed by atoms with Gasteiger partial charge in [-0.05, 0) is 46.1 Å². The van der Waals surface area contributed by atoms with Crippen molar-refractivity contribution in [3.63, 3.8) is 0 Å². The van der Waals surface area contributed by atoms with E-state index in [0.717, 1.165) is 30.4 Å². The van der Waals surface area contributed by atoms with E-state index in [0.29, 0.717) is 6.42 Å². The molecule has 1 atom stereocenters. The molecular weight excluding hydrogens is 260 g/mol. The molecule has 0 saturated carbocycles. The van der Waals surface area contributed by atoms with Crippen molar-refractivity contribution in [3.8, 4) is 12.3 Å². The Morgan fingerprint density at radius 2 is 1.86 bits per heavy atom. The molecular formula is C19H26O2. The van der Waals surface area contributed by atoms with Gasteiger partial charge in [-0.2, -0.15) is 0 Å². The second-order valence-electron chi connectivity index (χ2n) is 6.74.